The van der Waals surface area contributed by atoms with Crippen molar-refractivity contribution in [3.05, 3.63) is 25.5 Å². The summed E-state index contributed by atoms with van der Waals surface area (Å²) < 4.78 is 9.44. The summed E-state index contributed by atoms with van der Waals surface area (Å²) >= 11 is 0. The van der Waals surface area contributed by atoms with E-state index in [2.05, 4.69) is 17.9 Å². The molecule has 0 bridgehead atoms. The second kappa shape index (κ2) is 7.79. The van der Waals surface area contributed by atoms with Crippen LogP contribution in [0.1, 0.15) is 26.2 Å². The van der Waals surface area contributed by atoms with E-state index < -0.39 is 0 Å². The molecule has 1 atom stereocenters. The van der Waals surface area contributed by atoms with Gasteiger partial charge >= 0.3 is 11.9 Å². The van der Waals surface area contributed by atoms with Gasteiger partial charge in [-0.15, -0.1) is 0 Å². The van der Waals surface area contributed by atoms with Crippen LogP contribution in [0, 0.1) is 0 Å². The first kappa shape index (κ1) is 13.4. The maximum absolute atomic E-state index is 10.9. The van der Waals surface area contributed by atoms with E-state index in [4.69, 9.17) is 4.74 Å². The van der Waals surface area contributed by atoms with Crippen LogP contribution in [-0.4, -0.2) is 18.0 Å². The zero-order valence-electron chi connectivity index (χ0n) is 8.90. The molecule has 4 nitrogen and oxygen atoms in total. The predicted molar refractivity (Wildman–Crippen MR) is 55.9 cm³/mol. The summed E-state index contributed by atoms with van der Waals surface area (Å²) in [6.45, 7) is 8.15. The van der Waals surface area contributed by atoms with Gasteiger partial charge in [0.1, 0.15) is 6.10 Å². The summed E-state index contributed by atoms with van der Waals surface area (Å²) in [7, 11) is 0. The zero-order chi connectivity index (χ0) is 11.7. The molecular weight excluding hydrogens is 196 g/mol. The van der Waals surface area contributed by atoms with Gasteiger partial charge in [-0.25, -0.2) is 0 Å². The fourth-order valence-corrected chi connectivity index (χ4v) is 1.04. The first-order chi connectivity index (χ1) is 7.10. The van der Waals surface area contributed by atoms with Crippen LogP contribution in [0.4, 0.5) is 0 Å². The van der Waals surface area contributed by atoms with Gasteiger partial charge < -0.3 is 9.47 Å². The topological polar surface area (TPSA) is 52.6 Å². The lowest BCUT2D eigenvalue weighted by atomic mass is 10.1. The molecule has 0 heterocycles. The predicted octanol–water partition coefficient (Wildman–Crippen LogP) is 1.96. The van der Waals surface area contributed by atoms with E-state index in [1.165, 1.54) is 6.92 Å². The van der Waals surface area contributed by atoms with Gasteiger partial charge in [0, 0.05) is 13.3 Å². The van der Waals surface area contributed by atoms with Crippen LogP contribution in [0.25, 0.3) is 0 Å². The Balaban J connectivity index is 3.71. The van der Waals surface area contributed by atoms with E-state index in [1.807, 2.05) is 0 Å². The van der Waals surface area contributed by atoms with E-state index in [9.17, 15) is 9.59 Å². The molecule has 0 spiro atoms. The maximum atomic E-state index is 10.9. The number of esters is 2. The third-order valence-corrected chi connectivity index (χ3v) is 1.66. The van der Waals surface area contributed by atoms with E-state index in [-0.39, 0.29) is 24.5 Å². The molecule has 84 valence electrons. The molecule has 15 heavy (non-hydrogen) atoms. The van der Waals surface area contributed by atoms with Gasteiger partial charge in [-0.3, -0.25) is 9.59 Å². The minimum atomic E-state index is -0.353. The highest BCUT2D eigenvalue weighted by atomic mass is 16.5. The Bertz CT molecular complexity index is 245. The highest BCUT2D eigenvalue weighted by molar-refractivity contribution is 5.69. The van der Waals surface area contributed by atoms with E-state index in [0.717, 1.165) is 6.26 Å². The first-order valence-corrected chi connectivity index (χ1v) is 4.70. The minimum absolute atomic E-state index is 0.275. The molecule has 0 N–H and O–H groups in total. The first-order valence-electron chi connectivity index (χ1n) is 4.70. The third-order valence-electron chi connectivity index (χ3n) is 1.66. The van der Waals surface area contributed by atoms with Gasteiger partial charge in [0.25, 0.3) is 0 Å². The standard InChI is InChI=1S/C11H16O4/c1-4-10(15-9(3)12)7-6-8-11(13)14-5-2/h4-5,10H,1-2,6-8H2,3H3. The molecular formula is C11H16O4. The third kappa shape index (κ3) is 7.49. The van der Waals surface area contributed by atoms with E-state index >= 15 is 0 Å². The van der Waals surface area contributed by atoms with Crippen LogP contribution < -0.4 is 0 Å². The Hall–Kier alpha value is -1.58. The Labute approximate surface area is 89.6 Å². The average Bonchev–Trinajstić information content (AvgIpc) is 2.16. The number of hydrogen-bond acceptors (Lipinski definition) is 4. The van der Waals surface area contributed by atoms with Gasteiger partial charge in [0.05, 0.1) is 6.26 Å². The minimum Gasteiger partial charge on any atom is -0.458 e. The van der Waals surface area contributed by atoms with E-state index in [1.54, 1.807) is 6.08 Å². The van der Waals surface area contributed by atoms with Crippen LogP contribution in [0.5, 0.6) is 0 Å². The Kier molecular flexibility index (Phi) is 6.97. The molecule has 0 aromatic heterocycles. The van der Waals surface area contributed by atoms with Crippen molar-refractivity contribution < 1.29 is 19.1 Å². The average molecular weight is 212 g/mol. The Morgan fingerprint density at radius 2 is 2.07 bits per heavy atom. The lowest BCUT2D eigenvalue weighted by Crippen LogP contribution is -2.13. The number of carbonyl (C=O) groups excluding carboxylic acids is 2. The number of carbonyl (C=O) groups is 2. The van der Waals surface area contributed by atoms with Gasteiger partial charge in [0.15, 0.2) is 0 Å². The van der Waals surface area contributed by atoms with Crippen molar-refractivity contribution in [2.24, 2.45) is 0 Å². The normalized spacial score (nSPS) is 11.3. The second-order valence-electron chi connectivity index (χ2n) is 2.93. The van der Waals surface area contributed by atoms with Crippen LogP contribution in [-0.2, 0) is 19.1 Å². The molecule has 0 aromatic carbocycles. The molecule has 4 heteroatoms. The van der Waals surface area contributed by atoms with Crippen LogP contribution in [0.2, 0.25) is 0 Å². The Morgan fingerprint density at radius 1 is 1.40 bits per heavy atom. The van der Waals surface area contributed by atoms with Crippen LogP contribution in [0.3, 0.4) is 0 Å². The fourth-order valence-electron chi connectivity index (χ4n) is 1.04. The number of ether oxygens (including phenoxy) is 2. The van der Waals surface area contributed by atoms with Crippen molar-refractivity contribution in [3.63, 3.8) is 0 Å². The second-order valence-corrected chi connectivity index (χ2v) is 2.93. The van der Waals surface area contributed by atoms with Crippen molar-refractivity contribution in [2.75, 3.05) is 0 Å². The summed E-state index contributed by atoms with van der Waals surface area (Å²) in [5.74, 6) is -0.691. The molecule has 0 aliphatic rings. The van der Waals surface area contributed by atoms with Crippen LogP contribution in [0.15, 0.2) is 25.5 Å². The van der Waals surface area contributed by atoms with Gasteiger partial charge in [0.2, 0.25) is 0 Å². The Morgan fingerprint density at radius 3 is 2.53 bits per heavy atom. The van der Waals surface area contributed by atoms with Crippen molar-refractivity contribution in [2.45, 2.75) is 32.3 Å². The largest absolute Gasteiger partial charge is 0.458 e. The fraction of sp³-hybridized carbons (Fsp3) is 0.455. The molecule has 0 aliphatic heterocycles. The van der Waals surface area contributed by atoms with Crippen molar-refractivity contribution in [1.29, 1.82) is 0 Å². The number of hydrogen-bond donors (Lipinski definition) is 0. The molecule has 0 aliphatic carbocycles. The molecule has 0 saturated heterocycles. The van der Waals surface area contributed by atoms with Gasteiger partial charge in [-0.2, -0.15) is 0 Å². The lowest BCUT2D eigenvalue weighted by molar-refractivity contribution is -0.144. The molecule has 0 amide bonds. The zero-order valence-corrected chi connectivity index (χ0v) is 8.90. The van der Waals surface area contributed by atoms with Gasteiger partial charge in [-0.05, 0) is 12.8 Å². The quantitative estimate of drug-likeness (QED) is 0.368. The SMILES string of the molecule is C=COC(=O)CCCC(C=C)OC(C)=O. The van der Waals surface area contributed by atoms with Gasteiger partial charge in [-0.1, -0.05) is 19.2 Å². The van der Waals surface area contributed by atoms with Crippen LogP contribution >= 0.6 is 0 Å². The summed E-state index contributed by atoms with van der Waals surface area (Å²) in [4.78, 5) is 21.5. The van der Waals surface area contributed by atoms with Crippen molar-refractivity contribution in [1.82, 2.24) is 0 Å². The molecule has 0 fully saturated rings. The smallest absolute Gasteiger partial charge is 0.310 e. The highest BCUT2D eigenvalue weighted by Gasteiger charge is 2.09. The molecule has 0 saturated carbocycles. The van der Waals surface area contributed by atoms with Crippen molar-refractivity contribution in [3.8, 4) is 0 Å². The summed E-state index contributed by atoms with van der Waals surface area (Å²) in [5.41, 5.74) is 0. The summed E-state index contributed by atoms with van der Waals surface area (Å²) in [5, 5.41) is 0. The molecule has 0 rings (SSSR count). The monoisotopic (exact) mass is 212 g/mol. The summed E-state index contributed by atoms with van der Waals surface area (Å²) in [6, 6.07) is 0. The maximum Gasteiger partial charge on any atom is 0.310 e. The number of rotatable bonds is 7. The van der Waals surface area contributed by atoms with Crippen molar-refractivity contribution >= 4 is 11.9 Å². The highest BCUT2D eigenvalue weighted by Crippen LogP contribution is 2.07. The lowest BCUT2D eigenvalue weighted by Gasteiger charge is -2.11. The molecule has 0 radical (unpaired) electrons. The molecule has 1 unspecified atom stereocenters. The summed E-state index contributed by atoms with van der Waals surface area (Å²) in [6.07, 6.45) is 3.72. The van der Waals surface area contributed by atoms with E-state index in [0.29, 0.717) is 12.8 Å². The molecule has 0 aromatic rings.